The number of ether oxygens (including phenoxy) is 1. The summed E-state index contributed by atoms with van der Waals surface area (Å²) in [5, 5.41) is 0. The molecule has 0 fully saturated rings. The maximum absolute atomic E-state index is 12.1. The van der Waals surface area contributed by atoms with E-state index in [4.69, 9.17) is 10.5 Å². The van der Waals surface area contributed by atoms with E-state index in [9.17, 15) is 4.79 Å². The van der Waals surface area contributed by atoms with Gasteiger partial charge >= 0.3 is 0 Å². The summed E-state index contributed by atoms with van der Waals surface area (Å²) in [5.74, 6) is 0.736. The van der Waals surface area contributed by atoms with Crippen LogP contribution in [0.3, 0.4) is 0 Å². The molecule has 0 atom stereocenters. The smallest absolute Gasteiger partial charge is 0.260 e. The van der Waals surface area contributed by atoms with Gasteiger partial charge < -0.3 is 15.4 Å². The normalized spacial score (nSPS) is 11.4. The first-order valence-electron chi connectivity index (χ1n) is 7.68. The Kier molecular flexibility index (Phi) is 7.12. The second-order valence-corrected chi connectivity index (χ2v) is 7.42. The first kappa shape index (κ1) is 19.2. The number of carbonyl (C=O) groups excluding carboxylic acids is 1. The minimum atomic E-state index is 0.00340. The largest absolute Gasteiger partial charge is 0.482 e. The zero-order valence-electron chi connectivity index (χ0n) is 14.2. The van der Waals surface area contributed by atoms with Crippen LogP contribution in [0, 0.1) is 3.57 Å². The van der Waals surface area contributed by atoms with Crippen LogP contribution in [0.1, 0.15) is 45.7 Å². The average molecular weight is 418 g/mol. The van der Waals surface area contributed by atoms with Gasteiger partial charge in [0.2, 0.25) is 0 Å². The number of halogens is 1. The number of hydrogen-bond acceptors (Lipinski definition) is 3. The van der Waals surface area contributed by atoms with Crippen LogP contribution in [0.4, 0.5) is 0 Å². The number of nitrogens with zero attached hydrogens (tertiary/aromatic N) is 1. The predicted octanol–water partition coefficient (Wildman–Crippen LogP) is 3.29. The summed E-state index contributed by atoms with van der Waals surface area (Å²) in [5.41, 5.74) is 8.10. The maximum atomic E-state index is 12.1. The van der Waals surface area contributed by atoms with Crippen molar-refractivity contribution < 1.29 is 9.53 Å². The van der Waals surface area contributed by atoms with E-state index in [0.717, 1.165) is 14.9 Å². The van der Waals surface area contributed by atoms with Gasteiger partial charge in [0.15, 0.2) is 6.61 Å². The van der Waals surface area contributed by atoms with Crippen LogP contribution in [-0.4, -0.2) is 30.5 Å². The van der Waals surface area contributed by atoms with E-state index in [2.05, 4.69) is 55.5 Å². The molecular weight excluding hydrogens is 391 g/mol. The highest BCUT2D eigenvalue weighted by Gasteiger charge is 2.19. The van der Waals surface area contributed by atoms with Gasteiger partial charge in [0.1, 0.15) is 5.75 Å². The van der Waals surface area contributed by atoms with Gasteiger partial charge in [0, 0.05) is 25.2 Å². The zero-order chi connectivity index (χ0) is 16.9. The van der Waals surface area contributed by atoms with Gasteiger partial charge in [-0.2, -0.15) is 0 Å². The summed E-state index contributed by atoms with van der Waals surface area (Å²) in [6, 6.07) is 4.19. The second-order valence-electron chi connectivity index (χ2n) is 6.26. The molecule has 4 nitrogen and oxygen atoms in total. The molecule has 0 aliphatic rings. The molecule has 0 saturated heterocycles. The molecule has 1 aromatic carbocycles. The fourth-order valence-electron chi connectivity index (χ4n) is 2.20. The van der Waals surface area contributed by atoms with Crippen LogP contribution in [0.5, 0.6) is 5.75 Å². The molecule has 0 unspecified atom stereocenters. The molecule has 1 amide bonds. The lowest BCUT2D eigenvalue weighted by Gasteiger charge is -2.23. The molecule has 5 heteroatoms. The minimum absolute atomic E-state index is 0.00340. The summed E-state index contributed by atoms with van der Waals surface area (Å²) >= 11 is 2.25. The van der Waals surface area contributed by atoms with Crippen molar-refractivity contribution in [1.82, 2.24) is 4.90 Å². The third-order valence-electron chi connectivity index (χ3n) is 3.66. The molecule has 124 valence electrons. The molecule has 0 spiro atoms. The Bertz CT molecular complexity index is 520. The SMILES string of the molecule is CCN(CC)C(=O)COc1c(I)cc(C(C)(C)C)cc1CN. The van der Waals surface area contributed by atoms with E-state index < -0.39 is 0 Å². The van der Waals surface area contributed by atoms with Gasteiger partial charge in [0.05, 0.1) is 3.57 Å². The Morgan fingerprint density at radius 2 is 1.86 bits per heavy atom. The van der Waals surface area contributed by atoms with Crippen molar-refractivity contribution in [2.24, 2.45) is 5.73 Å². The molecule has 0 bridgehead atoms. The Morgan fingerprint density at radius 1 is 1.27 bits per heavy atom. The molecular formula is C17H27IN2O2. The van der Waals surface area contributed by atoms with Gasteiger partial charge in [0.25, 0.3) is 5.91 Å². The third-order valence-corrected chi connectivity index (χ3v) is 4.46. The van der Waals surface area contributed by atoms with Crippen LogP contribution in [0.25, 0.3) is 0 Å². The topological polar surface area (TPSA) is 55.6 Å². The quantitative estimate of drug-likeness (QED) is 0.722. The lowest BCUT2D eigenvalue weighted by molar-refractivity contribution is -0.133. The van der Waals surface area contributed by atoms with Crippen molar-refractivity contribution in [3.8, 4) is 5.75 Å². The molecule has 0 aliphatic heterocycles. The lowest BCUT2D eigenvalue weighted by atomic mass is 9.86. The highest BCUT2D eigenvalue weighted by molar-refractivity contribution is 14.1. The monoisotopic (exact) mass is 418 g/mol. The van der Waals surface area contributed by atoms with Crippen molar-refractivity contribution in [2.45, 2.75) is 46.6 Å². The summed E-state index contributed by atoms with van der Waals surface area (Å²) in [6.45, 7) is 12.3. The van der Waals surface area contributed by atoms with Crippen molar-refractivity contribution in [2.75, 3.05) is 19.7 Å². The van der Waals surface area contributed by atoms with Crippen LogP contribution in [-0.2, 0) is 16.8 Å². The molecule has 0 heterocycles. The van der Waals surface area contributed by atoms with Crippen LogP contribution in [0.2, 0.25) is 0 Å². The van der Waals surface area contributed by atoms with E-state index in [0.29, 0.717) is 19.6 Å². The van der Waals surface area contributed by atoms with Crippen LogP contribution in [0.15, 0.2) is 12.1 Å². The number of likely N-dealkylation sites (N-methyl/N-ethyl adjacent to an activating group) is 1. The standard InChI is InChI=1S/C17H27IN2O2/c1-6-20(7-2)15(21)11-22-16-12(10-19)8-13(9-14(16)18)17(3,4)5/h8-9H,6-7,10-11,19H2,1-5H3. The minimum Gasteiger partial charge on any atom is -0.482 e. The van der Waals surface area contributed by atoms with Gasteiger partial charge in [-0.1, -0.05) is 26.8 Å². The van der Waals surface area contributed by atoms with Gasteiger partial charge in [-0.15, -0.1) is 0 Å². The fraction of sp³-hybridized carbons (Fsp3) is 0.588. The summed E-state index contributed by atoms with van der Waals surface area (Å²) in [4.78, 5) is 13.8. The number of hydrogen-bond donors (Lipinski definition) is 1. The maximum Gasteiger partial charge on any atom is 0.260 e. The number of amides is 1. The average Bonchev–Trinajstić information content (AvgIpc) is 2.45. The molecule has 0 aromatic heterocycles. The third kappa shape index (κ3) is 4.84. The Hall–Kier alpha value is -0.820. The molecule has 1 rings (SSSR count). The second kappa shape index (κ2) is 8.15. The van der Waals surface area contributed by atoms with Gasteiger partial charge in [-0.05, 0) is 53.5 Å². The first-order chi connectivity index (χ1) is 10.2. The summed E-state index contributed by atoms with van der Waals surface area (Å²) < 4.78 is 6.79. The van der Waals surface area contributed by atoms with Gasteiger partial charge in [-0.25, -0.2) is 0 Å². The molecule has 1 aromatic rings. The highest BCUT2D eigenvalue weighted by Crippen LogP contribution is 2.32. The van der Waals surface area contributed by atoms with Crippen LogP contribution < -0.4 is 10.5 Å². The number of carbonyl (C=O) groups is 1. The van der Waals surface area contributed by atoms with Crippen molar-refractivity contribution in [3.05, 3.63) is 26.8 Å². The number of benzene rings is 1. The molecule has 0 radical (unpaired) electrons. The molecule has 0 saturated carbocycles. The lowest BCUT2D eigenvalue weighted by Crippen LogP contribution is -2.34. The Morgan fingerprint density at radius 3 is 2.32 bits per heavy atom. The predicted molar refractivity (Wildman–Crippen MR) is 99.2 cm³/mol. The Balaban J connectivity index is 2.98. The number of rotatable bonds is 6. The molecule has 22 heavy (non-hydrogen) atoms. The fourth-order valence-corrected chi connectivity index (χ4v) is 3.04. The highest BCUT2D eigenvalue weighted by atomic mass is 127. The van der Waals surface area contributed by atoms with E-state index in [-0.39, 0.29) is 17.9 Å². The zero-order valence-corrected chi connectivity index (χ0v) is 16.4. The van der Waals surface area contributed by atoms with E-state index in [1.807, 2.05) is 13.8 Å². The van der Waals surface area contributed by atoms with Crippen molar-refractivity contribution >= 4 is 28.5 Å². The summed E-state index contributed by atoms with van der Waals surface area (Å²) in [6.07, 6.45) is 0. The molecule has 0 aliphatic carbocycles. The van der Waals surface area contributed by atoms with Gasteiger partial charge in [-0.3, -0.25) is 4.79 Å². The summed E-state index contributed by atoms with van der Waals surface area (Å²) in [7, 11) is 0. The molecule has 2 N–H and O–H groups in total. The number of nitrogens with two attached hydrogens (primary N) is 1. The van der Waals surface area contributed by atoms with E-state index in [1.165, 1.54) is 5.56 Å². The van der Waals surface area contributed by atoms with Crippen molar-refractivity contribution in [1.29, 1.82) is 0 Å². The Labute approximate surface area is 147 Å². The van der Waals surface area contributed by atoms with E-state index >= 15 is 0 Å². The van der Waals surface area contributed by atoms with E-state index in [1.54, 1.807) is 4.90 Å². The first-order valence-corrected chi connectivity index (χ1v) is 8.75. The van der Waals surface area contributed by atoms with Crippen molar-refractivity contribution in [3.63, 3.8) is 0 Å². The van der Waals surface area contributed by atoms with Crippen LogP contribution >= 0.6 is 22.6 Å².